The van der Waals surface area contributed by atoms with Crippen LogP contribution in [0.25, 0.3) is 44.5 Å². The number of nitrogens with zero attached hydrogens (tertiary/aromatic N) is 7. The minimum absolute atomic E-state index is 0.205. The van der Waals surface area contributed by atoms with E-state index in [1.165, 1.54) is 18.3 Å². The number of benzene rings is 3. The van der Waals surface area contributed by atoms with Gasteiger partial charge in [-0.05, 0) is 92.8 Å². The van der Waals surface area contributed by atoms with Crippen molar-refractivity contribution < 1.29 is 13.6 Å². The Hall–Kier alpha value is -6.25. The van der Waals surface area contributed by atoms with E-state index in [-0.39, 0.29) is 23.6 Å². The van der Waals surface area contributed by atoms with Crippen molar-refractivity contribution in [2.24, 2.45) is 0 Å². The summed E-state index contributed by atoms with van der Waals surface area (Å²) in [5.41, 5.74) is 13.4. The molecule has 0 atom stereocenters. The van der Waals surface area contributed by atoms with E-state index in [0.717, 1.165) is 82.1 Å². The molecular formula is C43H43F2N11O. The number of aryl methyl sites for hydroxylation is 2. The number of pyridine rings is 1. The second kappa shape index (κ2) is 14.7. The number of carbonyl (C=O) groups is 1. The van der Waals surface area contributed by atoms with Crippen molar-refractivity contribution in [1.82, 2.24) is 45.2 Å². The minimum Gasteiger partial charge on any atom is -0.368 e. The van der Waals surface area contributed by atoms with E-state index in [9.17, 15) is 9.18 Å². The molecular weight excluding hydrogens is 725 g/mol. The molecule has 4 N–H and O–H groups in total. The Bertz CT molecular complexity index is 2640. The number of halogens is 2. The van der Waals surface area contributed by atoms with Gasteiger partial charge in [0.1, 0.15) is 23.2 Å². The first-order valence-corrected chi connectivity index (χ1v) is 19.3. The number of hydrogen-bond acceptors (Lipinski definition) is 9. The zero-order chi connectivity index (χ0) is 39.4. The number of piperazine rings is 1. The van der Waals surface area contributed by atoms with Gasteiger partial charge in [-0.15, -0.1) is 0 Å². The maximum Gasteiger partial charge on any atom is 0.252 e. The Morgan fingerprint density at radius 1 is 0.895 bits per heavy atom. The minimum atomic E-state index is -0.501. The largest absolute Gasteiger partial charge is 0.368 e. The third kappa shape index (κ3) is 6.95. The van der Waals surface area contributed by atoms with Crippen molar-refractivity contribution >= 4 is 45.3 Å². The smallest absolute Gasteiger partial charge is 0.252 e. The molecule has 2 aliphatic rings. The number of amides is 1. The molecule has 0 saturated carbocycles. The fourth-order valence-electron chi connectivity index (χ4n) is 8.21. The molecule has 0 aliphatic carbocycles. The van der Waals surface area contributed by atoms with E-state index in [1.54, 1.807) is 0 Å². The van der Waals surface area contributed by atoms with Gasteiger partial charge in [0.15, 0.2) is 5.82 Å². The van der Waals surface area contributed by atoms with Gasteiger partial charge in [0.2, 0.25) is 5.95 Å². The van der Waals surface area contributed by atoms with Crippen molar-refractivity contribution in [3.8, 4) is 22.5 Å². The quantitative estimate of drug-likeness (QED) is 0.119. The predicted octanol–water partition coefficient (Wildman–Crippen LogP) is 7.37. The fraction of sp³-hybridized carbons (Fsp3) is 0.279. The van der Waals surface area contributed by atoms with Crippen LogP contribution in [-0.4, -0.2) is 73.1 Å². The summed E-state index contributed by atoms with van der Waals surface area (Å²) in [6.07, 6.45) is 3.69. The highest BCUT2D eigenvalue weighted by Gasteiger charge is 2.24. The van der Waals surface area contributed by atoms with Crippen LogP contribution in [0.2, 0.25) is 0 Å². The molecule has 12 nitrogen and oxygen atoms in total. The van der Waals surface area contributed by atoms with Crippen LogP contribution in [0.4, 0.5) is 26.2 Å². The van der Waals surface area contributed by atoms with Gasteiger partial charge in [-0.3, -0.25) is 10.2 Å². The van der Waals surface area contributed by atoms with Crippen LogP contribution in [0.3, 0.4) is 0 Å². The summed E-state index contributed by atoms with van der Waals surface area (Å²) in [5, 5.41) is 9.06. The number of hydrogen-bond donors (Lipinski definition) is 4. The van der Waals surface area contributed by atoms with Gasteiger partial charge in [-0.1, -0.05) is 24.3 Å². The first-order chi connectivity index (χ1) is 27.6. The van der Waals surface area contributed by atoms with Crippen molar-refractivity contribution in [2.75, 3.05) is 42.9 Å². The second-order valence-electron chi connectivity index (χ2n) is 15.1. The molecule has 2 aliphatic heterocycles. The van der Waals surface area contributed by atoms with Gasteiger partial charge in [0.25, 0.3) is 5.91 Å². The summed E-state index contributed by atoms with van der Waals surface area (Å²) in [5.74, 6) is 0.563. The second-order valence-corrected chi connectivity index (χ2v) is 15.1. The number of anilines is 3. The number of hydrazine groups is 1. The molecule has 1 saturated heterocycles. The van der Waals surface area contributed by atoms with E-state index < -0.39 is 11.6 Å². The first kappa shape index (κ1) is 36.4. The van der Waals surface area contributed by atoms with Crippen molar-refractivity contribution in [3.63, 3.8) is 0 Å². The van der Waals surface area contributed by atoms with Gasteiger partial charge >= 0.3 is 0 Å². The molecule has 3 aromatic carbocycles. The lowest BCUT2D eigenvalue weighted by Crippen LogP contribution is -2.51. The van der Waals surface area contributed by atoms with Gasteiger partial charge in [0.05, 0.1) is 34.7 Å². The maximum atomic E-state index is 15.2. The van der Waals surface area contributed by atoms with Crippen LogP contribution in [0.1, 0.15) is 52.8 Å². The van der Waals surface area contributed by atoms with Crippen molar-refractivity contribution in [1.29, 1.82) is 0 Å². The zero-order valence-electron chi connectivity index (χ0n) is 32.2. The van der Waals surface area contributed by atoms with Crippen LogP contribution >= 0.6 is 0 Å². The molecule has 1 fully saturated rings. The average Bonchev–Trinajstić information content (AvgIpc) is 3.69. The Labute approximate surface area is 328 Å². The summed E-state index contributed by atoms with van der Waals surface area (Å²) >= 11 is 0. The molecule has 6 heterocycles. The lowest BCUT2D eigenvalue weighted by Gasteiger charge is -2.36. The number of H-pyrrole nitrogens is 1. The van der Waals surface area contributed by atoms with Crippen LogP contribution in [0.5, 0.6) is 0 Å². The molecule has 0 unspecified atom stereocenters. The van der Waals surface area contributed by atoms with Gasteiger partial charge in [-0.2, -0.15) is 0 Å². The SMILES string of the molecule is Cc1cc(-c2nc(Nc3ccc(N4CCN(NCc5ccc(-c6[nH]c7cc(F)cc8c7c6CCNC8=O)cc5)CC4)cn3)ncc2F)cc2c1nc(C)n2C(C)C. The van der Waals surface area contributed by atoms with Gasteiger partial charge in [-0.25, -0.2) is 33.7 Å². The fourth-order valence-corrected chi connectivity index (χ4v) is 8.21. The molecule has 1 amide bonds. The van der Waals surface area contributed by atoms with E-state index >= 15 is 4.39 Å². The number of aromatic nitrogens is 6. The zero-order valence-corrected chi connectivity index (χ0v) is 32.2. The van der Waals surface area contributed by atoms with E-state index in [0.29, 0.717) is 42.0 Å². The number of aromatic amines is 1. The predicted molar refractivity (Wildman–Crippen MR) is 218 cm³/mol. The van der Waals surface area contributed by atoms with E-state index in [1.807, 2.05) is 44.3 Å². The van der Waals surface area contributed by atoms with E-state index in [4.69, 9.17) is 4.98 Å². The molecule has 4 aromatic heterocycles. The maximum absolute atomic E-state index is 15.2. The summed E-state index contributed by atoms with van der Waals surface area (Å²) in [4.78, 5) is 36.4. The normalized spacial score (nSPS) is 14.8. The third-order valence-electron chi connectivity index (χ3n) is 10.9. The highest BCUT2D eigenvalue weighted by atomic mass is 19.1. The topological polar surface area (TPSA) is 132 Å². The summed E-state index contributed by atoms with van der Waals surface area (Å²) in [7, 11) is 0. The summed E-state index contributed by atoms with van der Waals surface area (Å²) in [6.45, 7) is 12.7. The van der Waals surface area contributed by atoms with Crippen molar-refractivity contribution in [3.05, 3.63) is 113 Å². The molecule has 0 spiro atoms. The summed E-state index contributed by atoms with van der Waals surface area (Å²) < 4.78 is 31.6. The number of fused-ring (bicyclic) bond motifs is 1. The Morgan fingerprint density at radius 2 is 1.70 bits per heavy atom. The number of carbonyl (C=O) groups excluding carboxylic acids is 1. The van der Waals surface area contributed by atoms with Crippen LogP contribution in [0, 0.1) is 25.5 Å². The molecule has 57 heavy (non-hydrogen) atoms. The first-order valence-electron chi connectivity index (χ1n) is 19.3. The molecule has 0 bridgehead atoms. The van der Waals surface area contributed by atoms with Crippen LogP contribution in [0.15, 0.2) is 73.1 Å². The number of rotatable bonds is 9. The molecule has 0 radical (unpaired) electrons. The lowest BCUT2D eigenvalue weighted by molar-refractivity contribution is 0.0956. The van der Waals surface area contributed by atoms with Crippen molar-refractivity contribution in [2.45, 2.75) is 46.7 Å². The van der Waals surface area contributed by atoms with E-state index in [2.05, 4.69) is 88.6 Å². The van der Waals surface area contributed by atoms with Crippen LogP contribution in [-0.2, 0) is 13.0 Å². The lowest BCUT2D eigenvalue weighted by atomic mass is 9.99. The Balaban J connectivity index is 0.807. The molecule has 14 heteroatoms. The molecule has 7 aromatic rings. The highest BCUT2D eigenvalue weighted by molar-refractivity contribution is 6.10. The summed E-state index contributed by atoms with van der Waals surface area (Å²) in [6, 6.07) is 19.1. The van der Waals surface area contributed by atoms with Gasteiger partial charge < -0.3 is 25.1 Å². The highest BCUT2D eigenvalue weighted by Crippen LogP contribution is 2.35. The third-order valence-corrected chi connectivity index (χ3v) is 10.9. The Morgan fingerprint density at radius 3 is 2.46 bits per heavy atom. The van der Waals surface area contributed by atoms with Crippen LogP contribution < -0.4 is 21.0 Å². The van der Waals surface area contributed by atoms with Gasteiger partial charge in [0, 0.05) is 67.5 Å². The Kier molecular flexibility index (Phi) is 9.37. The number of imidazole rings is 1. The molecule has 290 valence electrons. The molecule has 9 rings (SSSR count). The standard InChI is InChI=1S/C43H43F2N11O/c1-24(2)56-26(4)50-39-25(3)17-29(18-36(39)56)41-34(45)23-48-43(53-41)52-37-10-9-31(22-47-37)54-13-15-55(16-14-54)49-21-27-5-7-28(8-6-27)40-32-11-12-46-42(57)33-19-30(44)20-35(51-40)38(32)33/h5-10,17-20,22-24,49,51H,11-16,21H2,1-4H3,(H,46,57)(H,47,48,52,53). The monoisotopic (exact) mass is 767 g/mol. The average molecular weight is 768 g/mol. The number of nitrogens with one attached hydrogen (secondary N) is 4.